The largest absolute Gasteiger partial charge is 0.395 e. The molecule has 0 amide bonds. The summed E-state index contributed by atoms with van der Waals surface area (Å²) in [6, 6.07) is 6.30. The number of nitrogens with zero attached hydrogens (tertiary/aromatic N) is 2. The van der Waals surface area contributed by atoms with Crippen LogP contribution in [0, 0.1) is 23.4 Å². The molecule has 3 N–H and O–H groups in total. The number of ketones is 1. The van der Waals surface area contributed by atoms with Crippen molar-refractivity contribution < 1.29 is 31.5 Å². The maximum Gasteiger partial charge on any atom is 0.185 e. The van der Waals surface area contributed by atoms with Crippen molar-refractivity contribution >= 4 is 15.6 Å². The highest BCUT2D eigenvalue weighted by Crippen LogP contribution is 2.40. The first-order chi connectivity index (χ1) is 18.0. The average molecular weight is 548 g/mol. The monoisotopic (exact) mass is 547 g/mol. The Hall–Kier alpha value is -3.15. The Labute approximate surface area is 218 Å². The lowest BCUT2D eigenvalue weighted by molar-refractivity contribution is 0.0987. The first kappa shape index (κ1) is 27.9. The molecule has 1 aromatic carbocycles. The summed E-state index contributed by atoms with van der Waals surface area (Å²) in [4.78, 5) is 21.2. The number of carbonyl (C=O) groups is 1. The van der Waals surface area contributed by atoms with Gasteiger partial charge in [0.1, 0.15) is 28.8 Å². The van der Waals surface area contributed by atoms with Gasteiger partial charge in [0.2, 0.25) is 0 Å². The van der Waals surface area contributed by atoms with Crippen molar-refractivity contribution in [3.63, 3.8) is 0 Å². The van der Waals surface area contributed by atoms with Crippen molar-refractivity contribution in [3.8, 4) is 11.3 Å². The number of nitrogens with two attached hydrogens (primary N) is 1. The van der Waals surface area contributed by atoms with Gasteiger partial charge in [0.25, 0.3) is 0 Å². The Morgan fingerprint density at radius 3 is 2.45 bits per heavy atom. The SMILES string of the molecule is C[C@H]1C[C@@H](c2ccncc2CC(=O)c2ccc(F)c(-c3c(F)cccc3F)n2)C[C@@H](N)[C@H]1S(=O)(=O)CCO. The third-order valence-electron chi connectivity index (χ3n) is 7.05. The van der Waals surface area contributed by atoms with Gasteiger partial charge in [-0.1, -0.05) is 13.0 Å². The lowest BCUT2D eigenvalue weighted by Crippen LogP contribution is -2.50. The number of benzene rings is 1. The maximum absolute atomic E-state index is 14.5. The molecule has 1 saturated carbocycles. The van der Waals surface area contributed by atoms with Crippen LogP contribution in [0.5, 0.6) is 0 Å². The van der Waals surface area contributed by atoms with Crippen LogP contribution in [-0.2, 0) is 16.3 Å². The van der Waals surface area contributed by atoms with Crippen LogP contribution in [-0.4, -0.2) is 52.9 Å². The van der Waals surface area contributed by atoms with E-state index in [1.54, 1.807) is 12.3 Å². The van der Waals surface area contributed by atoms with E-state index in [2.05, 4.69) is 9.97 Å². The number of sulfone groups is 1. The molecule has 7 nitrogen and oxygen atoms in total. The summed E-state index contributed by atoms with van der Waals surface area (Å²) >= 11 is 0. The second-order valence-corrected chi connectivity index (χ2v) is 11.9. The van der Waals surface area contributed by atoms with Crippen LogP contribution in [0.3, 0.4) is 0 Å². The van der Waals surface area contributed by atoms with E-state index in [4.69, 9.17) is 10.8 Å². The van der Waals surface area contributed by atoms with E-state index >= 15 is 0 Å². The molecular weight excluding hydrogens is 519 g/mol. The van der Waals surface area contributed by atoms with E-state index < -0.39 is 62.2 Å². The van der Waals surface area contributed by atoms with Gasteiger partial charge in [-0.05, 0) is 66.1 Å². The third-order valence-corrected chi connectivity index (χ3v) is 9.44. The molecule has 3 aromatic rings. The van der Waals surface area contributed by atoms with Gasteiger partial charge in [0, 0.05) is 24.9 Å². The van der Waals surface area contributed by atoms with Crippen molar-refractivity contribution in [3.05, 3.63) is 83.1 Å². The van der Waals surface area contributed by atoms with Crippen LogP contribution in [0.15, 0.2) is 48.8 Å². The predicted octanol–water partition coefficient (Wildman–Crippen LogP) is 3.60. The summed E-state index contributed by atoms with van der Waals surface area (Å²) < 4.78 is 68.3. The Bertz CT molecular complexity index is 1420. The molecule has 4 rings (SSSR count). The van der Waals surface area contributed by atoms with Crippen molar-refractivity contribution in [2.75, 3.05) is 12.4 Å². The summed E-state index contributed by atoms with van der Waals surface area (Å²) in [5, 5.41) is 8.37. The first-order valence-electron chi connectivity index (χ1n) is 12.2. The fourth-order valence-electron chi connectivity index (χ4n) is 5.45. The number of rotatable bonds is 8. The number of aromatic nitrogens is 2. The van der Waals surface area contributed by atoms with Crippen molar-refractivity contribution in [1.29, 1.82) is 0 Å². The second-order valence-electron chi connectivity index (χ2n) is 9.66. The Balaban J connectivity index is 1.60. The van der Waals surface area contributed by atoms with E-state index in [1.807, 2.05) is 6.92 Å². The summed E-state index contributed by atoms with van der Waals surface area (Å²) in [7, 11) is -3.57. The van der Waals surface area contributed by atoms with Crippen LogP contribution in [0.2, 0.25) is 0 Å². The van der Waals surface area contributed by atoms with Crippen molar-refractivity contribution in [2.24, 2.45) is 11.7 Å². The molecule has 11 heteroatoms. The highest BCUT2D eigenvalue weighted by atomic mass is 32.2. The van der Waals surface area contributed by atoms with Gasteiger partial charge in [-0.25, -0.2) is 26.6 Å². The fraction of sp³-hybridized carbons (Fsp3) is 0.370. The summed E-state index contributed by atoms with van der Waals surface area (Å²) in [5.41, 5.74) is 6.26. The molecule has 0 spiro atoms. The van der Waals surface area contributed by atoms with Gasteiger partial charge in [0.05, 0.1) is 23.2 Å². The van der Waals surface area contributed by atoms with E-state index in [0.717, 1.165) is 35.9 Å². The quantitative estimate of drug-likeness (QED) is 0.413. The topological polar surface area (TPSA) is 123 Å². The number of hydrogen-bond donors (Lipinski definition) is 2. The normalized spacial score (nSPS) is 21.8. The Kier molecular flexibility index (Phi) is 8.29. The third kappa shape index (κ3) is 5.64. The minimum atomic E-state index is -3.57. The Morgan fingerprint density at radius 2 is 1.79 bits per heavy atom. The van der Waals surface area contributed by atoms with Crippen LogP contribution >= 0.6 is 0 Å². The molecule has 0 radical (unpaired) electrons. The van der Waals surface area contributed by atoms with Crippen LogP contribution in [0.4, 0.5) is 13.2 Å². The lowest BCUT2D eigenvalue weighted by atomic mass is 9.75. The molecule has 1 aliphatic rings. The number of hydrogen-bond acceptors (Lipinski definition) is 7. The number of aliphatic hydroxyl groups is 1. The van der Waals surface area contributed by atoms with Crippen molar-refractivity contribution in [2.45, 2.75) is 43.4 Å². The smallest absolute Gasteiger partial charge is 0.185 e. The van der Waals surface area contributed by atoms with E-state index in [9.17, 15) is 26.4 Å². The maximum atomic E-state index is 14.5. The van der Waals surface area contributed by atoms with Gasteiger partial charge >= 0.3 is 0 Å². The molecule has 2 aromatic heterocycles. The number of Topliss-reactive ketones (excluding diaryl/α,β-unsaturated/α-hetero) is 1. The van der Waals surface area contributed by atoms with E-state index in [-0.39, 0.29) is 29.7 Å². The number of halogens is 3. The van der Waals surface area contributed by atoms with E-state index in [1.165, 1.54) is 6.20 Å². The highest BCUT2D eigenvalue weighted by Gasteiger charge is 2.42. The lowest BCUT2D eigenvalue weighted by Gasteiger charge is -2.39. The zero-order valence-electron chi connectivity index (χ0n) is 20.6. The molecule has 0 aliphatic heterocycles. The van der Waals surface area contributed by atoms with Gasteiger partial charge < -0.3 is 10.8 Å². The van der Waals surface area contributed by atoms with Gasteiger partial charge in [-0.15, -0.1) is 0 Å². The van der Waals surface area contributed by atoms with Crippen LogP contribution in [0.1, 0.15) is 47.3 Å². The molecule has 1 fully saturated rings. The molecule has 0 saturated heterocycles. The van der Waals surface area contributed by atoms with Crippen LogP contribution in [0.25, 0.3) is 11.3 Å². The second kappa shape index (κ2) is 11.3. The molecule has 4 atom stereocenters. The molecule has 202 valence electrons. The van der Waals surface area contributed by atoms with Gasteiger partial charge in [-0.3, -0.25) is 9.78 Å². The zero-order chi connectivity index (χ0) is 27.6. The van der Waals surface area contributed by atoms with E-state index in [0.29, 0.717) is 18.4 Å². The highest BCUT2D eigenvalue weighted by molar-refractivity contribution is 7.92. The summed E-state index contributed by atoms with van der Waals surface area (Å²) in [6.07, 6.45) is 3.80. The number of aliphatic hydroxyl groups excluding tert-OH is 1. The fourth-order valence-corrected chi connectivity index (χ4v) is 7.43. The molecule has 38 heavy (non-hydrogen) atoms. The number of pyridine rings is 2. The molecule has 0 unspecified atom stereocenters. The Morgan fingerprint density at radius 1 is 1.08 bits per heavy atom. The standard InChI is InChI=1S/C27H28F3N3O4S/c1-15-11-16(12-22(31)27(15)38(36,37)10-9-34)18-7-8-32-14-17(18)13-24(35)23-6-5-21(30)26(33-23)25-19(28)3-2-4-20(25)29/h2-8,14-16,22,27,34H,9-13,31H2,1H3/t15-,16+,22+,27-/m0/s1. The minimum absolute atomic E-state index is 0.143. The molecule has 2 heterocycles. The van der Waals surface area contributed by atoms with Gasteiger partial charge in [-0.2, -0.15) is 0 Å². The minimum Gasteiger partial charge on any atom is -0.395 e. The molecular formula is C27H28F3N3O4S. The summed E-state index contributed by atoms with van der Waals surface area (Å²) in [6.45, 7) is 1.34. The number of carbonyl (C=O) groups excluding carboxylic acids is 1. The molecule has 0 bridgehead atoms. The van der Waals surface area contributed by atoms with Gasteiger partial charge in [0.15, 0.2) is 15.6 Å². The predicted molar refractivity (Wildman–Crippen MR) is 136 cm³/mol. The zero-order valence-corrected chi connectivity index (χ0v) is 21.5. The summed E-state index contributed by atoms with van der Waals surface area (Å²) in [5.74, 6) is -4.25. The average Bonchev–Trinajstić information content (AvgIpc) is 2.84. The first-order valence-corrected chi connectivity index (χ1v) is 13.9. The van der Waals surface area contributed by atoms with Crippen LogP contribution < -0.4 is 5.73 Å². The van der Waals surface area contributed by atoms with Crippen molar-refractivity contribution in [1.82, 2.24) is 9.97 Å². The molecule has 1 aliphatic carbocycles.